The summed E-state index contributed by atoms with van der Waals surface area (Å²) in [5.41, 5.74) is 1.59. The molecule has 138 valence electrons. The van der Waals surface area contributed by atoms with E-state index in [9.17, 15) is 19.1 Å². The number of nitrogens with one attached hydrogen (secondary N) is 1. The van der Waals surface area contributed by atoms with Gasteiger partial charge in [-0.05, 0) is 35.9 Å². The third-order valence-corrected chi connectivity index (χ3v) is 4.06. The number of hydrogen-bond donors (Lipinski definition) is 2. The number of nitrogens with zero attached hydrogens (tertiary/aromatic N) is 2. The Kier molecular flexibility index (Phi) is 5.52. The zero-order valence-electron chi connectivity index (χ0n) is 14.0. The van der Waals surface area contributed by atoms with Crippen LogP contribution in [0.3, 0.4) is 0 Å². The van der Waals surface area contributed by atoms with Gasteiger partial charge in [0.2, 0.25) is 5.91 Å². The van der Waals surface area contributed by atoms with Crippen LogP contribution in [0, 0.1) is 5.82 Å². The van der Waals surface area contributed by atoms with Gasteiger partial charge < -0.3 is 10.4 Å². The minimum atomic E-state index is -1.19. The number of hydrogen-bond acceptors (Lipinski definition) is 3. The SMILES string of the molecule is O=C(Cn1nc(-c2ccc(Cl)cc2)cc1C(=O)O)NCc1cccc(F)c1. The van der Waals surface area contributed by atoms with Crippen LogP contribution in [0.25, 0.3) is 11.3 Å². The zero-order valence-corrected chi connectivity index (χ0v) is 14.8. The Labute approximate surface area is 159 Å². The summed E-state index contributed by atoms with van der Waals surface area (Å²) >= 11 is 5.85. The van der Waals surface area contributed by atoms with E-state index < -0.39 is 17.7 Å². The third kappa shape index (κ3) is 4.71. The fourth-order valence-corrected chi connectivity index (χ4v) is 2.64. The molecule has 0 spiro atoms. The van der Waals surface area contributed by atoms with Gasteiger partial charge in [0.15, 0.2) is 0 Å². The maximum absolute atomic E-state index is 13.2. The lowest BCUT2D eigenvalue weighted by Crippen LogP contribution is -2.28. The minimum absolute atomic E-state index is 0.110. The number of amides is 1. The van der Waals surface area contributed by atoms with E-state index in [1.165, 1.54) is 18.2 Å². The highest BCUT2D eigenvalue weighted by Crippen LogP contribution is 2.21. The topological polar surface area (TPSA) is 84.2 Å². The average molecular weight is 388 g/mol. The molecular formula is C19H15ClFN3O3. The van der Waals surface area contributed by atoms with Crippen LogP contribution in [0.1, 0.15) is 16.1 Å². The molecule has 6 nitrogen and oxygen atoms in total. The van der Waals surface area contributed by atoms with Crippen LogP contribution in [-0.4, -0.2) is 26.8 Å². The summed E-state index contributed by atoms with van der Waals surface area (Å²) in [6, 6.07) is 14.0. The zero-order chi connectivity index (χ0) is 19.4. The highest BCUT2D eigenvalue weighted by Gasteiger charge is 2.17. The first kappa shape index (κ1) is 18.6. The van der Waals surface area contributed by atoms with Gasteiger partial charge in [0, 0.05) is 17.1 Å². The molecule has 2 N–H and O–H groups in total. The predicted molar refractivity (Wildman–Crippen MR) is 97.9 cm³/mol. The first-order valence-corrected chi connectivity index (χ1v) is 8.38. The summed E-state index contributed by atoms with van der Waals surface area (Å²) in [5.74, 6) is -2.03. The summed E-state index contributed by atoms with van der Waals surface area (Å²) in [5, 5.41) is 16.7. The Balaban J connectivity index is 1.74. The van der Waals surface area contributed by atoms with Gasteiger partial charge >= 0.3 is 5.97 Å². The number of carbonyl (C=O) groups excluding carboxylic acids is 1. The van der Waals surface area contributed by atoms with Gasteiger partial charge in [-0.2, -0.15) is 5.10 Å². The van der Waals surface area contributed by atoms with Gasteiger partial charge in [-0.25, -0.2) is 13.9 Å². The number of halogens is 2. The molecule has 1 aromatic heterocycles. The molecule has 0 saturated carbocycles. The van der Waals surface area contributed by atoms with Gasteiger partial charge in [-0.15, -0.1) is 0 Å². The molecule has 0 fully saturated rings. The molecule has 0 radical (unpaired) electrons. The Morgan fingerprint density at radius 3 is 2.56 bits per heavy atom. The Bertz CT molecular complexity index is 986. The largest absolute Gasteiger partial charge is 0.477 e. The van der Waals surface area contributed by atoms with Gasteiger partial charge in [-0.1, -0.05) is 35.9 Å². The van der Waals surface area contributed by atoms with E-state index in [0.29, 0.717) is 21.8 Å². The minimum Gasteiger partial charge on any atom is -0.477 e. The molecule has 0 aliphatic carbocycles. The Morgan fingerprint density at radius 2 is 1.89 bits per heavy atom. The molecule has 1 amide bonds. The lowest BCUT2D eigenvalue weighted by molar-refractivity contribution is -0.122. The van der Waals surface area contributed by atoms with Gasteiger partial charge in [-0.3, -0.25) is 4.79 Å². The number of carbonyl (C=O) groups is 2. The average Bonchev–Trinajstić information content (AvgIpc) is 3.05. The van der Waals surface area contributed by atoms with Crippen molar-refractivity contribution >= 4 is 23.5 Å². The number of aromatic nitrogens is 2. The maximum atomic E-state index is 13.2. The molecule has 1 heterocycles. The van der Waals surface area contributed by atoms with Crippen LogP contribution in [0.4, 0.5) is 4.39 Å². The van der Waals surface area contributed by atoms with Crippen LogP contribution in [0.15, 0.2) is 54.6 Å². The molecule has 0 atom stereocenters. The molecule has 0 bridgehead atoms. The lowest BCUT2D eigenvalue weighted by atomic mass is 10.1. The second kappa shape index (κ2) is 8.01. The van der Waals surface area contributed by atoms with Crippen molar-refractivity contribution in [3.8, 4) is 11.3 Å². The fourth-order valence-electron chi connectivity index (χ4n) is 2.51. The number of aromatic carboxylic acids is 1. The van der Waals surface area contributed by atoms with Crippen molar-refractivity contribution in [3.63, 3.8) is 0 Å². The molecule has 0 aliphatic rings. The number of benzene rings is 2. The summed E-state index contributed by atoms with van der Waals surface area (Å²) in [4.78, 5) is 23.6. The molecule has 0 aliphatic heterocycles. The molecule has 3 aromatic rings. The Morgan fingerprint density at radius 1 is 1.15 bits per heavy atom. The first-order valence-electron chi connectivity index (χ1n) is 8.00. The van der Waals surface area contributed by atoms with Gasteiger partial charge in [0.1, 0.15) is 18.1 Å². The predicted octanol–water partition coefficient (Wildman–Crippen LogP) is 3.36. The van der Waals surface area contributed by atoms with Crippen molar-refractivity contribution in [1.82, 2.24) is 15.1 Å². The molecule has 2 aromatic carbocycles. The molecule has 0 saturated heterocycles. The van der Waals surface area contributed by atoms with Gasteiger partial charge in [0.05, 0.1) is 5.69 Å². The van der Waals surface area contributed by atoms with E-state index in [0.717, 1.165) is 4.68 Å². The normalized spacial score (nSPS) is 10.6. The third-order valence-electron chi connectivity index (χ3n) is 3.81. The van der Waals surface area contributed by atoms with E-state index in [2.05, 4.69) is 10.4 Å². The standard InChI is InChI=1S/C19H15ClFN3O3/c20-14-6-4-13(5-7-14)16-9-17(19(26)27)24(23-16)11-18(25)22-10-12-2-1-3-15(21)8-12/h1-9H,10-11H2,(H,22,25)(H,26,27). The first-order chi connectivity index (χ1) is 12.9. The Hall–Kier alpha value is -3.19. The quantitative estimate of drug-likeness (QED) is 0.679. The van der Waals surface area contributed by atoms with Crippen molar-refractivity contribution in [2.75, 3.05) is 0 Å². The van der Waals surface area contributed by atoms with E-state index in [1.807, 2.05) is 0 Å². The van der Waals surface area contributed by atoms with Crippen molar-refractivity contribution < 1.29 is 19.1 Å². The van der Waals surface area contributed by atoms with E-state index >= 15 is 0 Å². The highest BCUT2D eigenvalue weighted by atomic mass is 35.5. The van der Waals surface area contributed by atoms with Crippen molar-refractivity contribution in [2.24, 2.45) is 0 Å². The monoisotopic (exact) mass is 387 g/mol. The number of rotatable bonds is 6. The molecular weight excluding hydrogens is 373 g/mol. The fraction of sp³-hybridized carbons (Fsp3) is 0.105. The van der Waals surface area contributed by atoms with E-state index in [1.54, 1.807) is 36.4 Å². The van der Waals surface area contributed by atoms with Crippen molar-refractivity contribution in [2.45, 2.75) is 13.1 Å². The van der Waals surface area contributed by atoms with Crippen LogP contribution in [-0.2, 0) is 17.9 Å². The van der Waals surface area contributed by atoms with Crippen LogP contribution < -0.4 is 5.32 Å². The summed E-state index contributed by atoms with van der Waals surface area (Å²) in [6.45, 7) is -0.144. The van der Waals surface area contributed by atoms with E-state index in [-0.39, 0.29) is 18.8 Å². The van der Waals surface area contributed by atoms with Crippen molar-refractivity contribution in [3.05, 3.63) is 76.7 Å². The maximum Gasteiger partial charge on any atom is 0.354 e. The second-order valence-corrected chi connectivity index (χ2v) is 6.23. The second-order valence-electron chi connectivity index (χ2n) is 5.79. The van der Waals surface area contributed by atoms with Crippen LogP contribution >= 0.6 is 11.6 Å². The molecule has 3 rings (SSSR count). The van der Waals surface area contributed by atoms with Crippen LogP contribution in [0.5, 0.6) is 0 Å². The summed E-state index contributed by atoms with van der Waals surface area (Å²) in [6.07, 6.45) is 0. The molecule has 0 unspecified atom stereocenters. The smallest absolute Gasteiger partial charge is 0.354 e. The highest BCUT2D eigenvalue weighted by molar-refractivity contribution is 6.30. The lowest BCUT2D eigenvalue weighted by Gasteiger charge is -2.07. The van der Waals surface area contributed by atoms with Crippen LogP contribution in [0.2, 0.25) is 5.02 Å². The van der Waals surface area contributed by atoms with Gasteiger partial charge in [0.25, 0.3) is 0 Å². The van der Waals surface area contributed by atoms with E-state index in [4.69, 9.17) is 11.6 Å². The summed E-state index contributed by atoms with van der Waals surface area (Å²) in [7, 11) is 0. The van der Waals surface area contributed by atoms with Crippen molar-refractivity contribution in [1.29, 1.82) is 0 Å². The summed E-state index contributed by atoms with van der Waals surface area (Å²) < 4.78 is 14.3. The number of carboxylic acids is 1. The molecule has 27 heavy (non-hydrogen) atoms. The number of carboxylic acid groups (broad SMARTS) is 1. The molecule has 8 heteroatoms.